The lowest BCUT2D eigenvalue weighted by molar-refractivity contribution is 0.886. The third-order valence-electron chi connectivity index (χ3n) is 3.04. The van der Waals surface area contributed by atoms with Crippen molar-refractivity contribution in [3.8, 4) is 0 Å². The smallest absolute Gasteiger partial charge is 0.209 e. The highest BCUT2D eigenvalue weighted by atomic mass is 35.5. The van der Waals surface area contributed by atoms with Crippen molar-refractivity contribution in [2.24, 2.45) is 0 Å². The Balaban J connectivity index is 1.57. The first-order valence-corrected chi connectivity index (χ1v) is 7.72. The zero-order chi connectivity index (χ0) is 14.2. The number of imidazole rings is 1. The van der Waals surface area contributed by atoms with E-state index in [0.29, 0.717) is 5.02 Å². The predicted molar refractivity (Wildman–Crippen MR) is 82.8 cm³/mol. The summed E-state index contributed by atoms with van der Waals surface area (Å²) >= 11 is 7.54. The van der Waals surface area contributed by atoms with E-state index in [-0.39, 0.29) is 0 Å². The zero-order valence-corrected chi connectivity index (χ0v) is 12.4. The van der Waals surface area contributed by atoms with E-state index in [0.717, 1.165) is 27.9 Å². The number of nitrogens with zero attached hydrogens (tertiary/aromatic N) is 5. The van der Waals surface area contributed by atoms with Crippen molar-refractivity contribution in [3.63, 3.8) is 0 Å². The highest BCUT2D eigenvalue weighted by Crippen LogP contribution is 2.20. The Morgan fingerprint density at radius 2 is 2.00 bits per heavy atom. The molecular formula is C14H10ClN5S. The number of pyridine rings is 2. The number of fused-ring (bicyclic) bond motifs is 2. The number of halogens is 1. The van der Waals surface area contributed by atoms with E-state index in [1.165, 1.54) is 0 Å². The zero-order valence-electron chi connectivity index (χ0n) is 10.8. The first kappa shape index (κ1) is 12.7. The van der Waals surface area contributed by atoms with Gasteiger partial charge in [0, 0.05) is 24.3 Å². The van der Waals surface area contributed by atoms with Gasteiger partial charge >= 0.3 is 0 Å². The molecule has 4 heterocycles. The van der Waals surface area contributed by atoms with E-state index < -0.39 is 0 Å². The fourth-order valence-electron chi connectivity index (χ4n) is 2.10. The highest BCUT2D eigenvalue weighted by Gasteiger charge is 2.07. The van der Waals surface area contributed by atoms with Crippen molar-refractivity contribution in [3.05, 3.63) is 59.6 Å². The summed E-state index contributed by atoms with van der Waals surface area (Å²) in [5, 5.41) is 5.85. The van der Waals surface area contributed by atoms with Crippen LogP contribution < -0.4 is 0 Å². The minimum Gasteiger partial charge on any atom is -0.305 e. The Hall–Kier alpha value is -2.05. The van der Waals surface area contributed by atoms with E-state index in [2.05, 4.69) is 15.1 Å². The van der Waals surface area contributed by atoms with Gasteiger partial charge in [-0.1, -0.05) is 29.4 Å². The maximum absolute atomic E-state index is 5.97. The van der Waals surface area contributed by atoms with Crippen molar-refractivity contribution in [2.75, 3.05) is 0 Å². The second-order valence-corrected chi connectivity index (χ2v) is 5.91. The number of thioether (sulfide) groups is 1. The minimum absolute atomic E-state index is 0.695. The van der Waals surface area contributed by atoms with Crippen LogP contribution in [0.5, 0.6) is 0 Å². The quantitative estimate of drug-likeness (QED) is 0.544. The van der Waals surface area contributed by atoms with Crippen molar-refractivity contribution in [2.45, 2.75) is 10.9 Å². The molecule has 5 nitrogen and oxygen atoms in total. The lowest BCUT2D eigenvalue weighted by Gasteiger charge is -1.91. The van der Waals surface area contributed by atoms with E-state index in [4.69, 9.17) is 11.6 Å². The maximum Gasteiger partial charge on any atom is 0.209 e. The molecule has 0 spiro atoms. The van der Waals surface area contributed by atoms with Gasteiger partial charge in [-0.15, -0.1) is 5.10 Å². The Morgan fingerprint density at radius 3 is 2.90 bits per heavy atom. The first-order chi connectivity index (χ1) is 10.3. The van der Waals surface area contributed by atoms with Crippen LogP contribution in [0, 0.1) is 0 Å². The lowest BCUT2D eigenvalue weighted by atomic mass is 10.5. The molecule has 4 aromatic heterocycles. The molecule has 0 aliphatic carbocycles. The molecule has 0 aromatic carbocycles. The van der Waals surface area contributed by atoms with Crippen LogP contribution in [0.1, 0.15) is 5.69 Å². The topological polar surface area (TPSA) is 47.5 Å². The van der Waals surface area contributed by atoms with E-state index in [1.54, 1.807) is 16.3 Å². The SMILES string of the molecule is Clc1ccc2nc(CSc3nc4ccccn4n3)cn2c1. The molecule has 0 aliphatic rings. The predicted octanol–water partition coefficient (Wildman–Crippen LogP) is 3.32. The molecule has 0 bridgehead atoms. The van der Waals surface area contributed by atoms with Gasteiger partial charge in [0.2, 0.25) is 5.16 Å². The Kier molecular flexibility index (Phi) is 3.05. The molecule has 21 heavy (non-hydrogen) atoms. The Labute approximate surface area is 129 Å². The van der Waals surface area contributed by atoms with Crippen LogP contribution in [0.15, 0.2) is 54.1 Å². The summed E-state index contributed by atoms with van der Waals surface area (Å²) in [4.78, 5) is 9.00. The third-order valence-corrected chi connectivity index (χ3v) is 4.13. The number of rotatable bonds is 3. The maximum atomic E-state index is 5.97. The van der Waals surface area contributed by atoms with E-state index >= 15 is 0 Å². The van der Waals surface area contributed by atoms with Crippen LogP contribution in [0.4, 0.5) is 0 Å². The highest BCUT2D eigenvalue weighted by molar-refractivity contribution is 7.98. The number of hydrogen-bond donors (Lipinski definition) is 0. The molecule has 0 aliphatic heterocycles. The molecule has 0 saturated heterocycles. The van der Waals surface area contributed by atoms with Gasteiger partial charge in [-0.3, -0.25) is 0 Å². The van der Waals surface area contributed by atoms with Gasteiger partial charge in [0.1, 0.15) is 5.65 Å². The van der Waals surface area contributed by atoms with Gasteiger partial charge in [-0.25, -0.2) is 14.5 Å². The van der Waals surface area contributed by atoms with Crippen molar-refractivity contribution in [1.29, 1.82) is 0 Å². The summed E-state index contributed by atoms with van der Waals surface area (Å²) in [6.07, 6.45) is 5.71. The molecule has 104 valence electrons. The van der Waals surface area contributed by atoms with Crippen LogP contribution in [0.3, 0.4) is 0 Å². The summed E-state index contributed by atoms with van der Waals surface area (Å²) in [7, 11) is 0. The third kappa shape index (κ3) is 2.48. The Morgan fingerprint density at radius 1 is 1.05 bits per heavy atom. The number of aromatic nitrogens is 5. The van der Waals surface area contributed by atoms with Crippen LogP contribution in [-0.2, 0) is 5.75 Å². The van der Waals surface area contributed by atoms with Crippen LogP contribution in [-0.4, -0.2) is 24.0 Å². The Bertz CT molecular complexity index is 896. The summed E-state index contributed by atoms with van der Waals surface area (Å²) < 4.78 is 3.70. The van der Waals surface area contributed by atoms with Gasteiger partial charge in [-0.2, -0.15) is 0 Å². The molecule has 0 unspecified atom stereocenters. The van der Waals surface area contributed by atoms with Gasteiger partial charge in [-0.05, 0) is 24.3 Å². The molecule has 0 amide bonds. The molecule has 0 N–H and O–H groups in total. The van der Waals surface area contributed by atoms with Crippen molar-refractivity contribution >= 4 is 34.7 Å². The molecule has 0 fully saturated rings. The summed E-state index contributed by atoms with van der Waals surface area (Å²) in [5.74, 6) is 0.718. The second kappa shape index (κ2) is 5.05. The van der Waals surface area contributed by atoms with Crippen LogP contribution in [0.2, 0.25) is 5.02 Å². The molecule has 0 saturated carbocycles. The van der Waals surface area contributed by atoms with Crippen molar-refractivity contribution in [1.82, 2.24) is 24.0 Å². The normalized spacial score (nSPS) is 11.5. The minimum atomic E-state index is 0.695. The fraction of sp³-hybridized carbons (Fsp3) is 0.0714. The van der Waals surface area contributed by atoms with Gasteiger partial charge < -0.3 is 4.40 Å². The molecule has 0 atom stereocenters. The van der Waals surface area contributed by atoms with Crippen LogP contribution >= 0.6 is 23.4 Å². The average molecular weight is 316 g/mol. The average Bonchev–Trinajstić information content (AvgIpc) is 3.07. The van der Waals surface area contributed by atoms with Crippen LogP contribution in [0.25, 0.3) is 11.3 Å². The summed E-state index contributed by atoms with van der Waals surface area (Å²) in [6.45, 7) is 0. The lowest BCUT2D eigenvalue weighted by Crippen LogP contribution is -1.84. The second-order valence-electron chi connectivity index (χ2n) is 4.53. The molecule has 7 heteroatoms. The molecule has 4 rings (SSSR count). The molecule has 0 radical (unpaired) electrons. The van der Waals surface area contributed by atoms with E-state index in [9.17, 15) is 0 Å². The summed E-state index contributed by atoms with van der Waals surface area (Å²) in [5.41, 5.74) is 2.71. The number of hydrogen-bond acceptors (Lipinski definition) is 4. The van der Waals surface area contributed by atoms with Gasteiger partial charge in [0.15, 0.2) is 5.65 Å². The van der Waals surface area contributed by atoms with Gasteiger partial charge in [0.05, 0.1) is 10.7 Å². The first-order valence-electron chi connectivity index (χ1n) is 6.35. The fourth-order valence-corrected chi connectivity index (χ4v) is 2.99. The van der Waals surface area contributed by atoms with Gasteiger partial charge in [0.25, 0.3) is 0 Å². The van der Waals surface area contributed by atoms with Crippen molar-refractivity contribution < 1.29 is 0 Å². The van der Waals surface area contributed by atoms with E-state index in [1.807, 2.05) is 53.3 Å². The molecule has 4 aromatic rings. The molecular weight excluding hydrogens is 306 g/mol. The summed E-state index contributed by atoms with van der Waals surface area (Å²) in [6, 6.07) is 9.56. The monoisotopic (exact) mass is 315 g/mol. The largest absolute Gasteiger partial charge is 0.305 e. The standard InChI is InChI=1S/C14H10ClN5S/c15-10-4-5-12-16-11(8-19(12)7-10)9-21-14-17-13-3-1-2-6-20(13)18-14/h1-8H,9H2.